The number of benzene rings is 2. The summed E-state index contributed by atoms with van der Waals surface area (Å²) in [7, 11) is -3.43. The predicted octanol–water partition coefficient (Wildman–Crippen LogP) is 6.06. The van der Waals surface area contributed by atoms with Gasteiger partial charge in [-0.2, -0.15) is 0 Å². The number of rotatable bonds is 10. The third kappa shape index (κ3) is 6.05. The Morgan fingerprint density at radius 3 is 2.27 bits per heavy atom. The molecule has 3 atom stereocenters. The molecule has 4 rings (SSSR count). The van der Waals surface area contributed by atoms with Gasteiger partial charge in [0.25, 0.3) is 5.91 Å². The number of carboxylic acid groups (broad SMARTS) is 1. The molecule has 1 unspecified atom stereocenters. The Bertz CT molecular complexity index is 1320. The van der Waals surface area contributed by atoms with Gasteiger partial charge >= 0.3 is 5.97 Å². The highest BCUT2D eigenvalue weighted by Gasteiger charge is 2.49. The Labute approximate surface area is 228 Å². The predicted molar refractivity (Wildman–Crippen MR) is 146 cm³/mol. The molecule has 6 nitrogen and oxygen atoms in total. The monoisotopic (exact) mass is 563 g/mol. The van der Waals surface area contributed by atoms with Crippen LogP contribution in [0.4, 0.5) is 0 Å². The zero-order valence-electron chi connectivity index (χ0n) is 20.9. The molecule has 0 spiro atoms. The van der Waals surface area contributed by atoms with Crippen LogP contribution in [0.3, 0.4) is 0 Å². The van der Waals surface area contributed by atoms with Gasteiger partial charge in [0, 0.05) is 33.3 Å². The Morgan fingerprint density at radius 2 is 1.73 bits per heavy atom. The lowest BCUT2D eigenvalue weighted by molar-refractivity contribution is -0.140. The van der Waals surface area contributed by atoms with Crippen LogP contribution >= 0.6 is 23.2 Å². The van der Waals surface area contributed by atoms with Gasteiger partial charge in [0.2, 0.25) is 0 Å². The molecular formula is C28H31Cl2NO5S. The van der Waals surface area contributed by atoms with E-state index in [0.717, 1.165) is 29.5 Å². The summed E-state index contributed by atoms with van der Waals surface area (Å²) in [5.41, 5.74) is 2.61. The lowest BCUT2D eigenvalue weighted by Crippen LogP contribution is -2.52. The third-order valence-corrected chi connectivity index (χ3v) is 9.60. The van der Waals surface area contributed by atoms with E-state index in [1.165, 1.54) is 0 Å². The Hall–Kier alpha value is -2.35. The van der Waals surface area contributed by atoms with Gasteiger partial charge in [0.05, 0.1) is 18.2 Å². The van der Waals surface area contributed by atoms with Crippen LogP contribution in [0.15, 0.2) is 59.7 Å². The third-order valence-electron chi connectivity index (χ3n) is 7.39. The molecule has 198 valence electrons. The molecule has 1 aliphatic heterocycles. The molecule has 1 saturated carbocycles. The minimum atomic E-state index is -3.43. The van der Waals surface area contributed by atoms with Crippen LogP contribution in [0, 0.1) is 5.92 Å². The smallest absolute Gasteiger partial charge is 0.308 e. The van der Waals surface area contributed by atoms with Crippen molar-refractivity contribution in [3.63, 3.8) is 0 Å². The van der Waals surface area contributed by atoms with Crippen molar-refractivity contribution in [2.45, 2.75) is 57.5 Å². The Balaban J connectivity index is 2.01. The highest BCUT2D eigenvalue weighted by Crippen LogP contribution is 2.51. The first-order valence-corrected chi connectivity index (χ1v) is 15.1. The normalized spacial score (nSPS) is 21.3. The molecule has 0 radical (unpaired) electrons. The fourth-order valence-corrected chi connectivity index (χ4v) is 7.00. The topological polar surface area (TPSA) is 91.8 Å². The van der Waals surface area contributed by atoms with Gasteiger partial charge in [-0.25, -0.2) is 8.42 Å². The van der Waals surface area contributed by atoms with E-state index in [2.05, 4.69) is 0 Å². The van der Waals surface area contributed by atoms with Crippen molar-refractivity contribution < 1.29 is 23.1 Å². The molecule has 0 bridgehead atoms. The molecule has 1 amide bonds. The average Bonchev–Trinajstić information content (AvgIpc) is 3.69. The van der Waals surface area contributed by atoms with Crippen molar-refractivity contribution in [2.75, 3.05) is 11.5 Å². The molecule has 0 saturated heterocycles. The minimum absolute atomic E-state index is 0.0282. The lowest BCUT2D eigenvalue weighted by Gasteiger charge is -2.47. The number of amides is 1. The van der Waals surface area contributed by atoms with Crippen molar-refractivity contribution in [3.05, 3.63) is 80.8 Å². The zero-order valence-corrected chi connectivity index (χ0v) is 23.2. The minimum Gasteiger partial charge on any atom is -0.481 e. The van der Waals surface area contributed by atoms with Crippen molar-refractivity contribution >= 4 is 44.9 Å². The fraction of sp³-hybridized carbons (Fsp3) is 0.429. The standard InChI is InChI=1S/C28H31Cl2NO5S/c1-3-22-23(15-25(32)33)28(34)31(24(17-8-9-17)16-37(35,36)4-2)27(18-10-12-20(29)13-11-18)26(22)19-6-5-7-21(30)14-19/h5-7,10-14,17,24,26-27H,3-4,8-9,15-16H2,1-2H3,(H,32,33)/t24?,26-,27+/m0/s1. The summed E-state index contributed by atoms with van der Waals surface area (Å²) in [5, 5.41) is 10.8. The van der Waals surface area contributed by atoms with Crippen LogP contribution < -0.4 is 0 Å². The summed E-state index contributed by atoms with van der Waals surface area (Å²) in [6, 6.07) is 13.5. The summed E-state index contributed by atoms with van der Waals surface area (Å²) in [6.45, 7) is 3.52. The van der Waals surface area contributed by atoms with Crippen molar-refractivity contribution in [2.24, 2.45) is 5.92 Å². The van der Waals surface area contributed by atoms with Crippen LogP contribution in [0.5, 0.6) is 0 Å². The van der Waals surface area contributed by atoms with E-state index in [-0.39, 0.29) is 23.0 Å². The largest absolute Gasteiger partial charge is 0.481 e. The van der Waals surface area contributed by atoms with Crippen LogP contribution in [0.2, 0.25) is 10.0 Å². The van der Waals surface area contributed by atoms with Gasteiger partial charge in [-0.15, -0.1) is 0 Å². The van der Waals surface area contributed by atoms with Crippen LogP contribution in [-0.2, 0) is 19.4 Å². The lowest BCUT2D eigenvalue weighted by atomic mass is 9.73. The van der Waals surface area contributed by atoms with Crippen molar-refractivity contribution in [1.29, 1.82) is 0 Å². The highest BCUT2D eigenvalue weighted by molar-refractivity contribution is 7.91. The zero-order chi connectivity index (χ0) is 26.9. The number of carbonyl (C=O) groups is 2. The number of nitrogens with zero attached hydrogens (tertiary/aromatic N) is 1. The van der Waals surface area contributed by atoms with Crippen LogP contribution in [-0.4, -0.2) is 47.8 Å². The average molecular weight is 565 g/mol. The molecule has 0 aromatic heterocycles. The van der Waals surface area contributed by atoms with E-state index in [4.69, 9.17) is 23.2 Å². The second kappa shape index (κ2) is 11.2. The molecule has 9 heteroatoms. The van der Waals surface area contributed by atoms with Gasteiger partial charge < -0.3 is 10.0 Å². The van der Waals surface area contributed by atoms with Gasteiger partial charge in [-0.1, -0.05) is 66.9 Å². The van der Waals surface area contributed by atoms with Gasteiger partial charge in [0.1, 0.15) is 0 Å². The molecule has 37 heavy (non-hydrogen) atoms. The van der Waals surface area contributed by atoms with E-state index in [1.807, 2.05) is 37.3 Å². The maximum atomic E-state index is 14.2. The second-order valence-corrected chi connectivity index (χ2v) is 13.0. The van der Waals surface area contributed by atoms with E-state index in [9.17, 15) is 23.1 Å². The molecule has 1 heterocycles. The summed E-state index contributed by atoms with van der Waals surface area (Å²) < 4.78 is 25.8. The number of hydrogen-bond acceptors (Lipinski definition) is 4. The fourth-order valence-electron chi connectivity index (χ4n) is 5.49. The summed E-state index contributed by atoms with van der Waals surface area (Å²) in [4.78, 5) is 27.8. The number of hydrogen-bond donors (Lipinski definition) is 1. The van der Waals surface area contributed by atoms with Crippen molar-refractivity contribution in [1.82, 2.24) is 4.90 Å². The molecule has 2 aliphatic rings. The summed E-state index contributed by atoms with van der Waals surface area (Å²) in [5.74, 6) is -2.06. The number of carboxylic acids is 1. The Kier molecular flexibility index (Phi) is 8.36. The van der Waals surface area contributed by atoms with Crippen LogP contribution in [0.1, 0.15) is 62.6 Å². The molecular weight excluding hydrogens is 533 g/mol. The van der Waals surface area contributed by atoms with Gasteiger partial charge in [-0.3, -0.25) is 9.59 Å². The molecule has 1 N–H and O–H groups in total. The number of halogens is 2. The quantitative estimate of drug-likeness (QED) is 0.379. The molecule has 1 aliphatic carbocycles. The Morgan fingerprint density at radius 1 is 1.05 bits per heavy atom. The molecule has 2 aromatic carbocycles. The maximum Gasteiger partial charge on any atom is 0.308 e. The number of carbonyl (C=O) groups excluding carboxylic acids is 1. The second-order valence-electron chi connectivity index (χ2n) is 9.77. The summed E-state index contributed by atoms with van der Waals surface area (Å²) in [6.07, 6.45) is 1.68. The van der Waals surface area contributed by atoms with E-state index in [0.29, 0.717) is 16.5 Å². The van der Waals surface area contributed by atoms with E-state index < -0.39 is 46.1 Å². The highest BCUT2D eigenvalue weighted by atomic mass is 35.5. The molecule has 1 fully saturated rings. The van der Waals surface area contributed by atoms with Crippen molar-refractivity contribution in [3.8, 4) is 0 Å². The number of sulfone groups is 1. The number of aliphatic carboxylic acids is 1. The van der Waals surface area contributed by atoms with Gasteiger partial charge in [-0.05, 0) is 60.6 Å². The van der Waals surface area contributed by atoms with E-state index in [1.54, 1.807) is 30.0 Å². The first kappa shape index (κ1) is 27.7. The van der Waals surface area contributed by atoms with Gasteiger partial charge in [0.15, 0.2) is 9.84 Å². The van der Waals surface area contributed by atoms with Crippen LogP contribution in [0.25, 0.3) is 0 Å². The maximum absolute atomic E-state index is 14.2. The molecule has 2 aromatic rings. The summed E-state index contributed by atoms with van der Waals surface area (Å²) >= 11 is 12.6. The van der Waals surface area contributed by atoms with E-state index >= 15 is 0 Å². The first-order valence-electron chi connectivity index (χ1n) is 12.5. The first-order chi connectivity index (χ1) is 17.6. The SMILES string of the molecule is CCC1=C(CC(=O)O)C(=O)N(C(CS(=O)(=O)CC)C2CC2)[C@H](c2ccc(Cl)cc2)[C@H]1c1cccc(Cl)c1.